The summed E-state index contributed by atoms with van der Waals surface area (Å²) in [6.45, 7) is 0.529. The average Bonchev–Trinajstić information content (AvgIpc) is 2.60. The molecular weight excluding hydrogens is 351 g/mol. The summed E-state index contributed by atoms with van der Waals surface area (Å²) in [6, 6.07) is 4.59. The minimum Gasteiger partial charge on any atom is -0.481 e. The van der Waals surface area contributed by atoms with E-state index in [2.05, 4.69) is 0 Å². The minimum atomic E-state index is -4.65. The van der Waals surface area contributed by atoms with Crippen LogP contribution in [0.2, 0.25) is 0 Å². The third-order valence-corrected chi connectivity index (χ3v) is 4.78. The van der Waals surface area contributed by atoms with E-state index in [-0.39, 0.29) is 13.1 Å². The molecule has 0 unspecified atom stereocenters. The lowest BCUT2D eigenvalue weighted by molar-refractivity contribution is -0.152. The summed E-state index contributed by atoms with van der Waals surface area (Å²) >= 11 is 0. The number of carbonyl (C=O) groups excluding carboxylic acids is 1. The van der Waals surface area contributed by atoms with Crippen LogP contribution < -0.4 is 0 Å². The van der Waals surface area contributed by atoms with Gasteiger partial charge in [-0.1, -0.05) is 12.1 Å². The molecule has 1 aliphatic heterocycles. The zero-order valence-corrected chi connectivity index (χ0v) is 14.5. The van der Waals surface area contributed by atoms with Crippen molar-refractivity contribution in [1.82, 2.24) is 4.90 Å². The summed E-state index contributed by atoms with van der Waals surface area (Å²) in [5.41, 5.74) is -2.60. The Hall–Kier alpha value is -2.09. The molecule has 1 aliphatic rings. The maximum absolute atomic E-state index is 13.2. The molecule has 8 heteroatoms. The standard InChI is InChI=1S/C18H22F3NO4/c1-26-11-5-9-17(16(24)25)8-4-10-22(12-17)15(23)13-6-2-3-7-14(13)18(19,20)21/h2-3,6-7H,4-5,8-12H2,1H3,(H,24,25)/t17-/m0/s1. The molecule has 0 spiro atoms. The summed E-state index contributed by atoms with van der Waals surface area (Å²) in [5, 5.41) is 9.68. The van der Waals surface area contributed by atoms with Crippen LogP contribution in [0.25, 0.3) is 0 Å². The van der Waals surface area contributed by atoms with E-state index in [0.717, 1.165) is 12.1 Å². The molecular formula is C18H22F3NO4. The summed E-state index contributed by atoms with van der Waals surface area (Å²) < 4.78 is 44.5. The number of carboxylic acid groups (broad SMARTS) is 1. The van der Waals surface area contributed by atoms with Crippen molar-refractivity contribution in [3.63, 3.8) is 0 Å². The first kappa shape index (κ1) is 20.2. The molecule has 0 saturated carbocycles. The van der Waals surface area contributed by atoms with Crippen LogP contribution in [-0.4, -0.2) is 48.7 Å². The number of likely N-dealkylation sites (tertiary alicyclic amines) is 1. The first-order valence-corrected chi connectivity index (χ1v) is 8.39. The largest absolute Gasteiger partial charge is 0.481 e. The predicted octanol–water partition coefficient (Wildman–Crippen LogP) is 3.44. The Morgan fingerprint density at radius 3 is 2.62 bits per heavy atom. The number of methoxy groups -OCH3 is 1. The summed E-state index contributed by atoms with van der Waals surface area (Å²) in [7, 11) is 1.51. The molecule has 0 bridgehead atoms. The van der Waals surface area contributed by atoms with Crippen LogP contribution in [0.5, 0.6) is 0 Å². The van der Waals surface area contributed by atoms with Gasteiger partial charge in [0.15, 0.2) is 0 Å². The second kappa shape index (κ2) is 8.07. The van der Waals surface area contributed by atoms with Gasteiger partial charge in [0.05, 0.1) is 16.5 Å². The normalized spacial score (nSPS) is 20.8. The molecule has 1 N–H and O–H groups in total. The molecule has 1 aromatic carbocycles. The lowest BCUT2D eigenvalue weighted by Crippen LogP contribution is -2.50. The molecule has 2 rings (SSSR count). The molecule has 0 aliphatic carbocycles. The number of carboxylic acids is 1. The number of piperidine rings is 1. The van der Waals surface area contributed by atoms with Gasteiger partial charge in [0.2, 0.25) is 0 Å². The zero-order chi connectivity index (χ0) is 19.4. The van der Waals surface area contributed by atoms with Gasteiger partial charge >= 0.3 is 12.1 Å². The van der Waals surface area contributed by atoms with Gasteiger partial charge in [-0.2, -0.15) is 13.2 Å². The molecule has 144 valence electrons. The van der Waals surface area contributed by atoms with Crippen molar-refractivity contribution in [2.24, 2.45) is 5.41 Å². The molecule has 1 atom stereocenters. The van der Waals surface area contributed by atoms with Gasteiger partial charge in [-0.05, 0) is 37.8 Å². The van der Waals surface area contributed by atoms with E-state index in [1.54, 1.807) is 0 Å². The van der Waals surface area contributed by atoms with Gasteiger partial charge in [-0.3, -0.25) is 9.59 Å². The summed E-state index contributed by atoms with van der Waals surface area (Å²) in [4.78, 5) is 25.8. The Morgan fingerprint density at radius 2 is 2.00 bits per heavy atom. The van der Waals surface area contributed by atoms with Crippen molar-refractivity contribution in [3.8, 4) is 0 Å². The molecule has 0 radical (unpaired) electrons. The number of ether oxygens (including phenoxy) is 1. The number of alkyl halides is 3. The Kier molecular flexibility index (Phi) is 6.28. The molecule has 1 fully saturated rings. The molecule has 0 aromatic heterocycles. The first-order chi connectivity index (χ1) is 12.2. The SMILES string of the molecule is COCCC[C@@]1(C(=O)O)CCCN(C(=O)c2ccccc2C(F)(F)F)C1. The second-order valence-corrected chi connectivity index (χ2v) is 6.56. The maximum atomic E-state index is 13.2. The van der Waals surface area contributed by atoms with Crippen LogP contribution in [0, 0.1) is 5.41 Å². The van der Waals surface area contributed by atoms with Gasteiger partial charge in [0.25, 0.3) is 5.91 Å². The van der Waals surface area contributed by atoms with E-state index in [1.165, 1.54) is 24.1 Å². The molecule has 26 heavy (non-hydrogen) atoms. The first-order valence-electron chi connectivity index (χ1n) is 8.39. The van der Waals surface area contributed by atoms with Crippen molar-refractivity contribution >= 4 is 11.9 Å². The molecule has 5 nitrogen and oxygen atoms in total. The Morgan fingerprint density at radius 1 is 1.31 bits per heavy atom. The predicted molar refractivity (Wildman–Crippen MR) is 87.8 cm³/mol. The lowest BCUT2D eigenvalue weighted by Gasteiger charge is -2.40. The summed E-state index contributed by atoms with van der Waals surface area (Å²) in [6.07, 6.45) is -3.02. The van der Waals surface area contributed by atoms with Crippen molar-refractivity contribution in [1.29, 1.82) is 0 Å². The van der Waals surface area contributed by atoms with E-state index in [0.29, 0.717) is 32.3 Å². The van der Waals surface area contributed by atoms with Crippen LogP contribution in [0.4, 0.5) is 13.2 Å². The highest BCUT2D eigenvalue weighted by Gasteiger charge is 2.44. The minimum absolute atomic E-state index is 0.100. The molecule has 1 saturated heterocycles. The summed E-state index contributed by atoms with van der Waals surface area (Å²) in [5.74, 6) is -1.81. The topological polar surface area (TPSA) is 66.8 Å². The van der Waals surface area contributed by atoms with E-state index in [4.69, 9.17) is 4.74 Å². The molecule has 1 amide bonds. The van der Waals surface area contributed by atoms with Gasteiger partial charge in [-0.15, -0.1) is 0 Å². The number of benzene rings is 1. The van der Waals surface area contributed by atoms with Crippen molar-refractivity contribution < 1.29 is 32.6 Å². The van der Waals surface area contributed by atoms with Gasteiger partial charge < -0.3 is 14.7 Å². The van der Waals surface area contributed by atoms with Gasteiger partial charge in [-0.25, -0.2) is 0 Å². The van der Waals surface area contributed by atoms with Crippen molar-refractivity contribution in [3.05, 3.63) is 35.4 Å². The zero-order valence-electron chi connectivity index (χ0n) is 14.5. The number of carbonyl (C=O) groups is 2. The number of nitrogens with zero attached hydrogens (tertiary/aromatic N) is 1. The van der Waals surface area contributed by atoms with Crippen LogP contribution in [0.3, 0.4) is 0 Å². The molecule has 1 aromatic rings. The van der Waals surface area contributed by atoms with Crippen LogP contribution in [-0.2, 0) is 15.7 Å². The van der Waals surface area contributed by atoms with Crippen LogP contribution in [0.15, 0.2) is 24.3 Å². The fourth-order valence-electron chi connectivity index (χ4n) is 3.43. The van der Waals surface area contributed by atoms with Gasteiger partial charge in [0, 0.05) is 26.8 Å². The molecule has 1 heterocycles. The highest BCUT2D eigenvalue weighted by Crippen LogP contribution is 2.37. The number of hydrogen-bond acceptors (Lipinski definition) is 3. The number of hydrogen-bond donors (Lipinski definition) is 1. The Balaban J connectivity index is 2.26. The Bertz CT molecular complexity index is 662. The number of rotatable bonds is 6. The van der Waals surface area contributed by atoms with Gasteiger partial charge in [0.1, 0.15) is 0 Å². The van der Waals surface area contributed by atoms with Crippen molar-refractivity contribution in [2.45, 2.75) is 31.9 Å². The second-order valence-electron chi connectivity index (χ2n) is 6.56. The van der Waals surface area contributed by atoms with Crippen molar-refractivity contribution in [2.75, 3.05) is 26.8 Å². The highest BCUT2D eigenvalue weighted by atomic mass is 19.4. The van der Waals surface area contributed by atoms with E-state index < -0.39 is 34.6 Å². The van der Waals surface area contributed by atoms with E-state index in [9.17, 15) is 27.9 Å². The van der Waals surface area contributed by atoms with E-state index >= 15 is 0 Å². The fraction of sp³-hybridized carbons (Fsp3) is 0.556. The number of aliphatic carboxylic acids is 1. The third kappa shape index (κ3) is 4.35. The number of amides is 1. The average molecular weight is 373 g/mol. The van der Waals surface area contributed by atoms with Crippen LogP contribution in [0.1, 0.15) is 41.6 Å². The van der Waals surface area contributed by atoms with Crippen LogP contribution >= 0.6 is 0 Å². The van der Waals surface area contributed by atoms with E-state index in [1.807, 2.05) is 0 Å². The lowest BCUT2D eigenvalue weighted by atomic mass is 9.76. The maximum Gasteiger partial charge on any atom is 0.417 e. The monoisotopic (exact) mass is 373 g/mol. The quantitative estimate of drug-likeness (QED) is 0.776. The smallest absolute Gasteiger partial charge is 0.417 e. The fourth-order valence-corrected chi connectivity index (χ4v) is 3.43. The third-order valence-electron chi connectivity index (χ3n) is 4.78. The Labute approximate surface area is 149 Å². The highest BCUT2D eigenvalue weighted by molar-refractivity contribution is 5.96. The number of halogens is 3.